The molecule has 0 saturated carbocycles. The van der Waals surface area contributed by atoms with Gasteiger partial charge in [0, 0.05) is 12.7 Å². The number of fused-ring (bicyclic) bond motifs is 1. The first kappa shape index (κ1) is 15.0. The molecule has 0 N–H and O–H groups in total. The third-order valence-electron chi connectivity index (χ3n) is 3.89. The average molecular weight is 322 g/mol. The molecular formula is C15H18N2O4S. The lowest BCUT2D eigenvalue weighted by Crippen LogP contribution is -2.37. The molecule has 1 atom stereocenters. The number of carbonyl (C=O) groups is 1. The van der Waals surface area contributed by atoms with Crippen LogP contribution in [0, 0.1) is 5.92 Å². The third kappa shape index (κ3) is 3.47. The predicted molar refractivity (Wildman–Crippen MR) is 82.6 cm³/mol. The number of rotatable bonds is 3. The van der Waals surface area contributed by atoms with Crippen molar-refractivity contribution in [2.45, 2.75) is 19.3 Å². The summed E-state index contributed by atoms with van der Waals surface area (Å²) >= 11 is 0. The van der Waals surface area contributed by atoms with E-state index in [4.69, 9.17) is 4.74 Å². The van der Waals surface area contributed by atoms with Crippen molar-refractivity contribution in [1.29, 1.82) is 0 Å². The van der Waals surface area contributed by atoms with Crippen LogP contribution in [0.4, 0.5) is 0 Å². The molecule has 6 nitrogen and oxygen atoms in total. The van der Waals surface area contributed by atoms with Crippen LogP contribution in [0.15, 0.2) is 40.5 Å². The van der Waals surface area contributed by atoms with Crippen molar-refractivity contribution in [3.05, 3.63) is 36.1 Å². The van der Waals surface area contributed by atoms with Gasteiger partial charge in [-0.15, -0.1) is 4.40 Å². The molecule has 0 radical (unpaired) electrons. The maximum absolute atomic E-state index is 12.1. The normalized spacial score (nSPS) is 26.0. The number of amidine groups is 1. The lowest BCUT2D eigenvalue weighted by molar-refractivity contribution is -0.140. The Morgan fingerprint density at radius 3 is 3.00 bits per heavy atom. The molecule has 0 amide bonds. The molecule has 0 saturated heterocycles. The van der Waals surface area contributed by atoms with Crippen LogP contribution in [0.3, 0.4) is 0 Å². The van der Waals surface area contributed by atoms with Gasteiger partial charge in [-0.3, -0.25) is 0 Å². The summed E-state index contributed by atoms with van der Waals surface area (Å²) < 4.78 is 31.9. The van der Waals surface area contributed by atoms with Crippen LogP contribution in [0.2, 0.25) is 0 Å². The van der Waals surface area contributed by atoms with E-state index >= 15 is 0 Å². The van der Waals surface area contributed by atoms with Gasteiger partial charge in [0.25, 0.3) is 10.0 Å². The lowest BCUT2D eigenvalue weighted by Gasteiger charge is -2.27. The molecule has 1 aliphatic carbocycles. The van der Waals surface area contributed by atoms with Crippen molar-refractivity contribution in [1.82, 2.24) is 4.90 Å². The van der Waals surface area contributed by atoms with Crippen LogP contribution in [0.1, 0.15) is 19.3 Å². The maximum atomic E-state index is 12.1. The van der Waals surface area contributed by atoms with Gasteiger partial charge in [0.1, 0.15) is 5.84 Å². The van der Waals surface area contributed by atoms with Crippen LogP contribution in [-0.4, -0.2) is 44.0 Å². The summed E-state index contributed by atoms with van der Waals surface area (Å²) in [6.45, 7) is 0.722. The Labute approximate surface area is 129 Å². The molecule has 1 unspecified atom stereocenters. The molecule has 22 heavy (non-hydrogen) atoms. The summed E-state index contributed by atoms with van der Waals surface area (Å²) in [6.07, 6.45) is 12.0. The molecule has 2 heterocycles. The second-order valence-corrected chi connectivity index (χ2v) is 7.35. The standard InChI is InChI=1S/C15H18N2O4S/c18-15(21-11-12-4-2-1-3-5-12)13-6-7-14-16-22(19,20)9-8-17(14)10-13/h1-2,6-7,10,12H,3-5,8-9,11H2. The Morgan fingerprint density at radius 1 is 1.36 bits per heavy atom. The summed E-state index contributed by atoms with van der Waals surface area (Å²) in [5, 5.41) is 0. The quantitative estimate of drug-likeness (QED) is 0.579. The second-order valence-electron chi connectivity index (χ2n) is 5.60. The van der Waals surface area contributed by atoms with Crippen LogP contribution in [0.25, 0.3) is 0 Å². The van der Waals surface area contributed by atoms with E-state index in [1.807, 2.05) is 0 Å². The number of allylic oxidation sites excluding steroid dienone is 2. The van der Waals surface area contributed by atoms with Crippen molar-refractivity contribution < 1.29 is 17.9 Å². The first-order valence-corrected chi connectivity index (χ1v) is 8.96. The molecule has 0 aromatic heterocycles. The van der Waals surface area contributed by atoms with Crippen molar-refractivity contribution in [3.8, 4) is 0 Å². The first-order valence-electron chi connectivity index (χ1n) is 7.35. The molecule has 0 bridgehead atoms. The average Bonchev–Trinajstić information content (AvgIpc) is 2.52. The minimum atomic E-state index is -3.37. The van der Waals surface area contributed by atoms with E-state index in [0.717, 1.165) is 19.3 Å². The summed E-state index contributed by atoms with van der Waals surface area (Å²) in [5.41, 5.74) is 0.421. The molecule has 3 rings (SSSR count). The molecule has 0 spiro atoms. The summed E-state index contributed by atoms with van der Waals surface area (Å²) in [7, 11) is -3.37. The number of ether oxygens (including phenoxy) is 1. The monoisotopic (exact) mass is 322 g/mol. The lowest BCUT2D eigenvalue weighted by atomic mass is 9.95. The Hall–Kier alpha value is -1.89. The maximum Gasteiger partial charge on any atom is 0.339 e. The van der Waals surface area contributed by atoms with Gasteiger partial charge in [-0.25, -0.2) is 13.2 Å². The van der Waals surface area contributed by atoms with Crippen molar-refractivity contribution in [3.63, 3.8) is 0 Å². The Morgan fingerprint density at radius 2 is 2.23 bits per heavy atom. The summed E-state index contributed by atoms with van der Waals surface area (Å²) in [4.78, 5) is 13.8. The van der Waals surface area contributed by atoms with Gasteiger partial charge in [-0.1, -0.05) is 12.2 Å². The Balaban J connectivity index is 1.61. The van der Waals surface area contributed by atoms with Crippen LogP contribution in [-0.2, 0) is 19.6 Å². The predicted octanol–water partition coefficient (Wildman–Crippen LogP) is 1.38. The number of hydrogen-bond donors (Lipinski definition) is 0. The van der Waals surface area contributed by atoms with E-state index in [-0.39, 0.29) is 11.7 Å². The van der Waals surface area contributed by atoms with Gasteiger partial charge in [-0.05, 0) is 37.3 Å². The van der Waals surface area contributed by atoms with E-state index in [0.29, 0.717) is 30.5 Å². The highest BCUT2D eigenvalue weighted by Gasteiger charge is 2.25. The fourth-order valence-corrected chi connectivity index (χ4v) is 3.58. The van der Waals surface area contributed by atoms with Gasteiger partial charge in [-0.2, -0.15) is 0 Å². The highest BCUT2D eigenvalue weighted by atomic mass is 32.2. The summed E-state index contributed by atoms with van der Waals surface area (Å²) in [6, 6.07) is 0. The van der Waals surface area contributed by atoms with Gasteiger partial charge in [0.2, 0.25) is 0 Å². The molecular weight excluding hydrogens is 304 g/mol. The largest absolute Gasteiger partial charge is 0.462 e. The van der Waals surface area contributed by atoms with Crippen LogP contribution < -0.4 is 0 Å². The molecule has 7 heteroatoms. The van der Waals surface area contributed by atoms with Gasteiger partial charge in [0.05, 0.1) is 17.9 Å². The number of esters is 1. The molecule has 3 aliphatic rings. The zero-order valence-corrected chi connectivity index (χ0v) is 13.0. The minimum Gasteiger partial charge on any atom is -0.462 e. The van der Waals surface area contributed by atoms with E-state index in [1.165, 1.54) is 6.08 Å². The highest BCUT2D eigenvalue weighted by Crippen LogP contribution is 2.20. The van der Waals surface area contributed by atoms with E-state index in [9.17, 15) is 13.2 Å². The summed E-state index contributed by atoms with van der Waals surface area (Å²) in [5.74, 6) is 0.315. The van der Waals surface area contributed by atoms with E-state index < -0.39 is 10.0 Å². The van der Waals surface area contributed by atoms with Crippen LogP contribution >= 0.6 is 0 Å². The van der Waals surface area contributed by atoms with Gasteiger partial charge >= 0.3 is 5.97 Å². The first-order chi connectivity index (χ1) is 10.5. The fourth-order valence-electron chi connectivity index (χ4n) is 2.61. The fraction of sp³-hybridized carbons (Fsp3) is 0.467. The van der Waals surface area contributed by atoms with Crippen molar-refractivity contribution in [2.24, 2.45) is 10.3 Å². The van der Waals surface area contributed by atoms with E-state index in [1.54, 1.807) is 17.2 Å². The topological polar surface area (TPSA) is 76.0 Å². The Bertz CT molecular complexity index is 688. The zero-order valence-electron chi connectivity index (χ0n) is 12.1. The number of carbonyl (C=O) groups excluding carboxylic acids is 1. The van der Waals surface area contributed by atoms with Crippen molar-refractivity contribution in [2.75, 3.05) is 18.9 Å². The van der Waals surface area contributed by atoms with Gasteiger partial charge in [0.15, 0.2) is 0 Å². The molecule has 118 valence electrons. The Kier molecular flexibility index (Phi) is 4.15. The smallest absolute Gasteiger partial charge is 0.339 e. The van der Waals surface area contributed by atoms with Gasteiger partial charge < -0.3 is 9.64 Å². The van der Waals surface area contributed by atoms with Crippen molar-refractivity contribution >= 4 is 21.8 Å². The van der Waals surface area contributed by atoms with E-state index in [2.05, 4.69) is 16.5 Å². The number of nitrogens with zero attached hydrogens (tertiary/aromatic N) is 2. The zero-order chi connectivity index (χ0) is 15.6. The molecule has 0 aromatic rings. The molecule has 0 fully saturated rings. The molecule has 0 aromatic carbocycles. The molecule has 2 aliphatic heterocycles. The van der Waals surface area contributed by atoms with Crippen LogP contribution in [0.5, 0.6) is 0 Å². The minimum absolute atomic E-state index is 0.0441. The highest BCUT2D eigenvalue weighted by molar-refractivity contribution is 7.90. The second kappa shape index (κ2) is 6.08. The number of sulfonamides is 1. The number of hydrogen-bond acceptors (Lipinski definition) is 5. The SMILES string of the molecule is O=C(OCC1CC=CCC1)C1=CN2CCS(=O)(=O)N=C2C=C1. The third-order valence-corrected chi connectivity index (χ3v) is 5.05.